The lowest BCUT2D eigenvalue weighted by atomic mass is 10.0. The molecule has 2 rings (SSSR count). The Hall–Kier alpha value is -2.29. The molecule has 0 aliphatic heterocycles. The maximum atomic E-state index is 12.5. The monoisotopic (exact) mass is 268 g/mol. The molecular weight excluding hydrogens is 248 g/mol. The summed E-state index contributed by atoms with van der Waals surface area (Å²) in [6.45, 7) is 7.93. The summed E-state index contributed by atoms with van der Waals surface area (Å²) in [6.07, 6.45) is 0. The summed E-state index contributed by atoms with van der Waals surface area (Å²) >= 11 is 0. The number of benzene rings is 2. The van der Waals surface area contributed by atoms with Crippen LogP contribution < -0.4 is 11.1 Å². The number of carbonyl (C=O) groups excluding carboxylic acids is 1. The van der Waals surface area contributed by atoms with Gasteiger partial charge in [0.2, 0.25) is 0 Å². The summed E-state index contributed by atoms with van der Waals surface area (Å²) in [5.74, 6) is -0.157. The van der Waals surface area contributed by atoms with Gasteiger partial charge >= 0.3 is 0 Å². The second kappa shape index (κ2) is 5.37. The molecule has 0 radical (unpaired) electrons. The van der Waals surface area contributed by atoms with E-state index in [1.165, 1.54) is 5.56 Å². The number of hydrogen-bond donors (Lipinski definition) is 2. The van der Waals surface area contributed by atoms with E-state index in [0.717, 1.165) is 22.4 Å². The number of aryl methyl sites for hydroxylation is 4. The molecule has 0 atom stereocenters. The molecule has 0 aromatic heterocycles. The highest BCUT2D eigenvalue weighted by molar-refractivity contribution is 6.09. The van der Waals surface area contributed by atoms with Crippen molar-refractivity contribution >= 4 is 17.3 Å². The van der Waals surface area contributed by atoms with Gasteiger partial charge in [0, 0.05) is 11.4 Å². The van der Waals surface area contributed by atoms with E-state index in [0.29, 0.717) is 11.3 Å². The topological polar surface area (TPSA) is 55.1 Å². The number of nitrogen functional groups attached to an aromatic ring is 1. The number of anilines is 2. The number of carbonyl (C=O) groups is 1. The minimum Gasteiger partial charge on any atom is -0.398 e. The highest BCUT2D eigenvalue weighted by atomic mass is 16.1. The van der Waals surface area contributed by atoms with Crippen molar-refractivity contribution in [1.82, 2.24) is 0 Å². The lowest BCUT2D eigenvalue weighted by Crippen LogP contribution is -2.17. The van der Waals surface area contributed by atoms with Gasteiger partial charge in [0.05, 0.1) is 5.56 Å². The zero-order chi connectivity index (χ0) is 14.9. The van der Waals surface area contributed by atoms with Gasteiger partial charge in [-0.3, -0.25) is 4.79 Å². The lowest BCUT2D eigenvalue weighted by Gasteiger charge is -2.15. The molecule has 3 nitrogen and oxygen atoms in total. The van der Waals surface area contributed by atoms with E-state index in [2.05, 4.69) is 17.4 Å². The van der Waals surface area contributed by atoms with Crippen molar-refractivity contribution in [3.05, 3.63) is 58.1 Å². The molecule has 1 amide bonds. The molecule has 0 saturated heterocycles. The SMILES string of the molecule is Cc1cc(C)c(NC(=O)c2c(C)cccc2N)c(C)c1. The molecular formula is C17H20N2O. The standard InChI is InChI=1S/C17H20N2O/c1-10-8-12(3)16(13(4)9-10)19-17(20)15-11(2)6-5-7-14(15)18/h5-9H,18H2,1-4H3,(H,19,20). The Morgan fingerprint density at radius 2 is 1.60 bits per heavy atom. The van der Waals surface area contributed by atoms with Crippen LogP contribution in [0.1, 0.15) is 32.6 Å². The van der Waals surface area contributed by atoms with Crippen LogP contribution in [-0.4, -0.2) is 5.91 Å². The molecule has 0 fully saturated rings. The Bertz CT molecular complexity index is 631. The predicted molar refractivity (Wildman–Crippen MR) is 84.2 cm³/mol. The van der Waals surface area contributed by atoms with Gasteiger partial charge in [-0.2, -0.15) is 0 Å². The van der Waals surface area contributed by atoms with Crippen LogP contribution in [0.4, 0.5) is 11.4 Å². The van der Waals surface area contributed by atoms with Crippen LogP contribution in [0.3, 0.4) is 0 Å². The van der Waals surface area contributed by atoms with Gasteiger partial charge in [-0.1, -0.05) is 29.8 Å². The summed E-state index contributed by atoms with van der Waals surface area (Å²) in [5, 5.41) is 2.98. The highest BCUT2D eigenvalue weighted by Crippen LogP contribution is 2.24. The largest absolute Gasteiger partial charge is 0.398 e. The van der Waals surface area contributed by atoms with E-state index < -0.39 is 0 Å². The van der Waals surface area contributed by atoms with Crippen molar-refractivity contribution < 1.29 is 4.79 Å². The van der Waals surface area contributed by atoms with Gasteiger partial charge in [0.15, 0.2) is 0 Å². The average molecular weight is 268 g/mol. The molecule has 2 aromatic rings. The third-order valence-corrected chi connectivity index (χ3v) is 3.45. The molecule has 3 N–H and O–H groups in total. The van der Waals surface area contributed by atoms with Gasteiger partial charge in [-0.15, -0.1) is 0 Å². The smallest absolute Gasteiger partial charge is 0.258 e. The van der Waals surface area contributed by atoms with Crippen molar-refractivity contribution in [3.8, 4) is 0 Å². The van der Waals surface area contributed by atoms with Gasteiger partial charge in [-0.05, 0) is 50.5 Å². The third-order valence-electron chi connectivity index (χ3n) is 3.45. The fraction of sp³-hybridized carbons (Fsp3) is 0.235. The van der Waals surface area contributed by atoms with E-state index in [1.807, 2.05) is 39.8 Å². The summed E-state index contributed by atoms with van der Waals surface area (Å²) in [5.41, 5.74) is 12.0. The van der Waals surface area contributed by atoms with E-state index in [-0.39, 0.29) is 5.91 Å². The fourth-order valence-corrected chi connectivity index (χ4v) is 2.55. The first-order valence-electron chi connectivity index (χ1n) is 6.64. The van der Waals surface area contributed by atoms with Crippen LogP contribution in [0.15, 0.2) is 30.3 Å². The first-order chi connectivity index (χ1) is 9.40. The first kappa shape index (κ1) is 14.1. The summed E-state index contributed by atoms with van der Waals surface area (Å²) in [7, 11) is 0. The second-order valence-electron chi connectivity index (χ2n) is 5.27. The molecule has 0 unspecified atom stereocenters. The van der Waals surface area contributed by atoms with E-state index in [9.17, 15) is 4.79 Å². The zero-order valence-corrected chi connectivity index (χ0v) is 12.4. The molecule has 0 bridgehead atoms. The molecule has 2 aromatic carbocycles. The van der Waals surface area contributed by atoms with Gasteiger partial charge in [-0.25, -0.2) is 0 Å². The quantitative estimate of drug-likeness (QED) is 0.815. The highest BCUT2D eigenvalue weighted by Gasteiger charge is 2.14. The number of hydrogen-bond acceptors (Lipinski definition) is 2. The van der Waals surface area contributed by atoms with Crippen LogP contribution in [0.2, 0.25) is 0 Å². The fourth-order valence-electron chi connectivity index (χ4n) is 2.55. The van der Waals surface area contributed by atoms with E-state index in [1.54, 1.807) is 6.07 Å². The number of amides is 1. The first-order valence-corrected chi connectivity index (χ1v) is 6.64. The Labute approximate surface area is 119 Å². The third kappa shape index (κ3) is 2.67. The number of rotatable bonds is 2. The molecule has 0 aliphatic carbocycles. The van der Waals surface area contributed by atoms with Crippen LogP contribution in [0.25, 0.3) is 0 Å². The Morgan fingerprint density at radius 3 is 2.15 bits per heavy atom. The summed E-state index contributed by atoms with van der Waals surface area (Å²) in [4.78, 5) is 12.5. The minimum absolute atomic E-state index is 0.157. The maximum Gasteiger partial charge on any atom is 0.258 e. The minimum atomic E-state index is -0.157. The van der Waals surface area contributed by atoms with Gasteiger partial charge in [0.25, 0.3) is 5.91 Å². The molecule has 0 spiro atoms. The predicted octanol–water partition coefficient (Wildman–Crippen LogP) is 3.75. The molecule has 20 heavy (non-hydrogen) atoms. The van der Waals surface area contributed by atoms with Crippen molar-refractivity contribution in [2.24, 2.45) is 0 Å². The van der Waals surface area contributed by atoms with Crippen molar-refractivity contribution in [2.45, 2.75) is 27.7 Å². The zero-order valence-electron chi connectivity index (χ0n) is 12.4. The van der Waals surface area contributed by atoms with Gasteiger partial charge in [0.1, 0.15) is 0 Å². The molecule has 0 saturated carbocycles. The van der Waals surface area contributed by atoms with Crippen LogP contribution in [0, 0.1) is 27.7 Å². The number of nitrogens with two attached hydrogens (primary N) is 1. The van der Waals surface area contributed by atoms with E-state index in [4.69, 9.17) is 5.73 Å². The van der Waals surface area contributed by atoms with Crippen LogP contribution >= 0.6 is 0 Å². The molecule has 3 heteroatoms. The van der Waals surface area contributed by atoms with Crippen molar-refractivity contribution in [1.29, 1.82) is 0 Å². The average Bonchev–Trinajstić information content (AvgIpc) is 2.33. The van der Waals surface area contributed by atoms with Crippen molar-refractivity contribution in [3.63, 3.8) is 0 Å². The van der Waals surface area contributed by atoms with Crippen LogP contribution in [0.5, 0.6) is 0 Å². The molecule has 0 aliphatic rings. The van der Waals surface area contributed by atoms with Crippen molar-refractivity contribution in [2.75, 3.05) is 11.1 Å². The van der Waals surface area contributed by atoms with E-state index >= 15 is 0 Å². The Kier molecular flexibility index (Phi) is 3.79. The Balaban J connectivity index is 2.38. The summed E-state index contributed by atoms with van der Waals surface area (Å²) < 4.78 is 0. The Morgan fingerprint density at radius 1 is 1.00 bits per heavy atom. The number of nitrogens with one attached hydrogen (secondary N) is 1. The molecule has 104 valence electrons. The van der Waals surface area contributed by atoms with Crippen LogP contribution in [-0.2, 0) is 0 Å². The second-order valence-corrected chi connectivity index (χ2v) is 5.27. The molecule has 0 heterocycles. The lowest BCUT2D eigenvalue weighted by molar-refractivity contribution is 0.102. The summed E-state index contributed by atoms with van der Waals surface area (Å²) in [6, 6.07) is 9.61. The maximum absolute atomic E-state index is 12.5. The normalized spacial score (nSPS) is 10.4. The van der Waals surface area contributed by atoms with Gasteiger partial charge < -0.3 is 11.1 Å².